The van der Waals surface area contributed by atoms with Crippen molar-refractivity contribution in [3.63, 3.8) is 0 Å². The van der Waals surface area contributed by atoms with Gasteiger partial charge in [0.15, 0.2) is 6.61 Å². The van der Waals surface area contributed by atoms with Crippen LogP contribution >= 0.6 is 11.8 Å². The first kappa shape index (κ1) is 24.0. The number of nitrogens with one attached hydrogen (secondary N) is 2. The zero-order chi connectivity index (χ0) is 23.6. The number of ether oxygens (including phenoxy) is 3. The number of hydrogen-bond donors (Lipinski definition) is 2. The molecule has 7 nitrogen and oxygen atoms in total. The van der Waals surface area contributed by atoms with Gasteiger partial charge in [0.2, 0.25) is 5.91 Å². The number of para-hydroxylation sites is 1. The quantitative estimate of drug-likeness (QED) is 0.416. The van der Waals surface area contributed by atoms with Gasteiger partial charge in [0.05, 0.1) is 25.2 Å². The van der Waals surface area contributed by atoms with Crippen LogP contribution in [-0.2, 0) is 9.59 Å². The van der Waals surface area contributed by atoms with Crippen LogP contribution < -0.4 is 24.8 Å². The fourth-order valence-electron chi connectivity index (χ4n) is 2.87. The molecule has 33 heavy (non-hydrogen) atoms. The summed E-state index contributed by atoms with van der Waals surface area (Å²) >= 11 is 1.41. The van der Waals surface area contributed by atoms with Crippen LogP contribution in [0.3, 0.4) is 0 Å². The molecule has 0 spiro atoms. The summed E-state index contributed by atoms with van der Waals surface area (Å²) in [6.45, 7) is 1.75. The maximum Gasteiger partial charge on any atom is 0.262 e. The molecule has 8 heteroatoms. The Balaban J connectivity index is 1.50. The van der Waals surface area contributed by atoms with Crippen LogP contribution in [0.15, 0.2) is 77.7 Å². The Hall–Kier alpha value is -3.65. The molecule has 0 bridgehead atoms. The van der Waals surface area contributed by atoms with Crippen molar-refractivity contribution in [3.05, 3.63) is 72.8 Å². The molecule has 0 aromatic heterocycles. The summed E-state index contributed by atoms with van der Waals surface area (Å²) < 4.78 is 16.0. The first-order valence-corrected chi connectivity index (χ1v) is 11.1. The van der Waals surface area contributed by atoms with Crippen LogP contribution in [0.1, 0.15) is 6.92 Å². The summed E-state index contributed by atoms with van der Waals surface area (Å²) in [5, 5.41) is 5.33. The minimum atomic E-state index is -0.350. The van der Waals surface area contributed by atoms with Crippen LogP contribution in [0.2, 0.25) is 0 Å². The average molecular weight is 467 g/mol. The summed E-state index contributed by atoms with van der Waals surface area (Å²) in [5.41, 5.74) is 1.23. The second-order valence-corrected chi connectivity index (χ2v) is 8.40. The van der Waals surface area contributed by atoms with E-state index < -0.39 is 0 Å². The normalized spacial score (nSPS) is 11.2. The zero-order valence-electron chi connectivity index (χ0n) is 18.7. The van der Waals surface area contributed by atoms with Gasteiger partial charge < -0.3 is 24.8 Å². The van der Waals surface area contributed by atoms with Crippen molar-refractivity contribution in [1.29, 1.82) is 0 Å². The van der Waals surface area contributed by atoms with Crippen molar-refractivity contribution in [1.82, 2.24) is 0 Å². The first-order chi connectivity index (χ1) is 16.0. The molecule has 2 amide bonds. The predicted octanol–water partition coefficient (Wildman–Crippen LogP) is 4.84. The summed E-state index contributed by atoms with van der Waals surface area (Å²) in [7, 11) is 3.11. The Morgan fingerprint density at radius 1 is 0.879 bits per heavy atom. The number of carbonyl (C=O) groups is 2. The average Bonchev–Trinajstić information content (AvgIpc) is 2.84. The Labute approximate surface area is 197 Å². The van der Waals surface area contributed by atoms with Crippen LogP contribution in [0, 0.1) is 0 Å². The number of carbonyl (C=O) groups excluding carboxylic acids is 2. The largest absolute Gasteiger partial charge is 0.497 e. The van der Waals surface area contributed by atoms with E-state index in [2.05, 4.69) is 10.6 Å². The van der Waals surface area contributed by atoms with E-state index in [1.165, 1.54) is 18.9 Å². The lowest BCUT2D eigenvalue weighted by atomic mass is 10.2. The third-order valence-electron chi connectivity index (χ3n) is 4.60. The van der Waals surface area contributed by atoms with Crippen molar-refractivity contribution in [2.45, 2.75) is 17.1 Å². The minimum absolute atomic E-state index is 0.0768. The van der Waals surface area contributed by atoms with Gasteiger partial charge in [0, 0.05) is 16.6 Å². The molecule has 0 heterocycles. The van der Waals surface area contributed by atoms with Gasteiger partial charge in [0.1, 0.15) is 17.2 Å². The standard InChI is InChI=1S/C25H26N2O5S/c1-17(25(29)27-22-14-11-20(30-2)15-23(22)31-3)33-21-12-9-18(10-13-21)26-24(28)16-32-19-7-5-4-6-8-19/h4-15,17H,16H2,1-3H3,(H,26,28)(H,27,29). The third-order valence-corrected chi connectivity index (χ3v) is 5.71. The Bertz CT molecular complexity index is 1070. The molecule has 0 aliphatic carbocycles. The molecule has 172 valence electrons. The van der Waals surface area contributed by atoms with Crippen molar-refractivity contribution < 1.29 is 23.8 Å². The van der Waals surface area contributed by atoms with E-state index in [0.29, 0.717) is 28.6 Å². The number of amides is 2. The SMILES string of the molecule is COc1ccc(NC(=O)C(C)Sc2ccc(NC(=O)COc3ccccc3)cc2)c(OC)c1. The van der Waals surface area contributed by atoms with Crippen LogP contribution in [0.5, 0.6) is 17.2 Å². The molecule has 0 radical (unpaired) electrons. The molecule has 2 N–H and O–H groups in total. The lowest BCUT2D eigenvalue weighted by Crippen LogP contribution is -2.22. The lowest BCUT2D eigenvalue weighted by Gasteiger charge is -2.15. The van der Waals surface area contributed by atoms with E-state index in [1.807, 2.05) is 37.3 Å². The molecular weight excluding hydrogens is 440 g/mol. The molecule has 3 rings (SSSR count). The maximum absolute atomic E-state index is 12.7. The minimum Gasteiger partial charge on any atom is -0.497 e. The fourth-order valence-corrected chi connectivity index (χ4v) is 3.74. The summed E-state index contributed by atoms with van der Waals surface area (Å²) in [4.78, 5) is 25.6. The zero-order valence-corrected chi connectivity index (χ0v) is 19.5. The van der Waals surface area contributed by atoms with Gasteiger partial charge in [-0.05, 0) is 55.5 Å². The number of anilines is 2. The molecule has 0 aliphatic rings. The Morgan fingerprint density at radius 2 is 1.61 bits per heavy atom. The number of rotatable bonds is 10. The lowest BCUT2D eigenvalue weighted by molar-refractivity contribution is -0.118. The Kier molecular flexibility index (Phi) is 8.60. The highest BCUT2D eigenvalue weighted by molar-refractivity contribution is 8.00. The van der Waals surface area contributed by atoms with E-state index in [4.69, 9.17) is 14.2 Å². The van der Waals surface area contributed by atoms with Crippen molar-refractivity contribution in [3.8, 4) is 17.2 Å². The third kappa shape index (κ3) is 7.18. The molecule has 0 saturated heterocycles. The predicted molar refractivity (Wildman–Crippen MR) is 131 cm³/mol. The first-order valence-electron chi connectivity index (χ1n) is 10.3. The van der Waals surface area contributed by atoms with Crippen LogP contribution in [0.25, 0.3) is 0 Å². The molecule has 1 atom stereocenters. The van der Waals surface area contributed by atoms with Crippen molar-refractivity contribution >= 4 is 35.0 Å². The van der Waals surface area contributed by atoms with Gasteiger partial charge >= 0.3 is 0 Å². The number of methoxy groups -OCH3 is 2. The van der Waals surface area contributed by atoms with Crippen molar-refractivity contribution in [2.75, 3.05) is 31.5 Å². The Morgan fingerprint density at radius 3 is 2.27 bits per heavy atom. The number of benzene rings is 3. The van der Waals surface area contributed by atoms with E-state index in [-0.39, 0.29) is 23.7 Å². The van der Waals surface area contributed by atoms with E-state index in [9.17, 15) is 9.59 Å². The topological polar surface area (TPSA) is 85.9 Å². The summed E-state index contributed by atoms with van der Waals surface area (Å²) in [5.74, 6) is 1.40. The molecule has 3 aromatic rings. The van der Waals surface area contributed by atoms with Gasteiger partial charge in [-0.25, -0.2) is 0 Å². The second kappa shape index (κ2) is 11.8. The molecule has 0 aliphatic heterocycles. The molecule has 0 fully saturated rings. The van der Waals surface area contributed by atoms with Crippen molar-refractivity contribution in [2.24, 2.45) is 0 Å². The molecule has 1 unspecified atom stereocenters. The summed E-state index contributed by atoms with van der Waals surface area (Å²) in [6.07, 6.45) is 0. The molecule has 3 aromatic carbocycles. The van der Waals surface area contributed by atoms with Crippen LogP contribution in [-0.4, -0.2) is 37.9 Å². The van der Waals surface area contributed by atoms with Gasteiger partial charge in [-0.1, -0.05) is 18.2 Å². The highest BCUT2D eigenvalue weighted by Gasteiger charge is 2.17. The number of thioether (sulfide) groups is 1. The highest BCUT2D eigenvalue weighted by atomic mass is 32.2. The van der Waals surface area contributed by atoms with Gasteiger partial charge in [-0.3, -0.25) is 9.59 Å². The van der Waals surface area contributed by atoms with Gasteiger partial charge in [-0.15, -0.1) is 11.8 Å². The monoisotopic (exact) mass is 466 g/mol. The highest BCUT2D eigenvalue weighted by Crippen LogP contribution is 2.31. The second-order valence-electron chi connectivity index (χ2n) is 6.99. The fraction of sp³-hybridized carbons (Fsp3) is 0.200. The summed E-state index contributed by atoms with van der Waals surface area (Å²) in [6, 6.07) is 21.7. The maximum atomic E-state index is 12.7. The molecular formula is C25H26N2O5S. The van der Waals surface area contributed by atoms with E-state index in [1.54, 1.807) is 49.6 Å². The van der Waals surface area contributed by atoms with E-state index in [0.717, 1.165) is 4.90 Å². The molecule has 0 saturated carbocycles. The van der Waals surface area contributed by atoms with Crippen LogP contribution in [0.4, 0.5) is 11.4 Å². The van der Waals surface area contributed by atoms with Gasteiger partial charge in [0.25, 0.3) is 5.91 Å². The van der Waals surface area contributed by atoms with E-state index >= 15 is 0 Å². The van der Waals surface area contributed by atoms with Gasteiger partial charge in [-0.2, -0.15) is 0 Å². The number of hydrogen-bond acceptors (Lipinski definition) is 6. The smallest absolute Gasteiger partial charge is 0.262 e.